The van der Waals surface area contributed by atoms with Crippen LogP contribution >= 0.6 is 11.8 Å². The molecule has 0 saturated heterocycles. The molecule has 0 saturated carbocycles. The molecular weight excluding hydrogens is 236 g/mol. The predicted molar refractivity (Wildman–Crippen MR) is 65.3 cm³/mol. The van der Waals surface area contributed by atoms with Gasteiger partial charge >= 0.3 is 0 Å². The van der Waals surface area contributed by atoms with E-state index in [0.29, 0.717) is 0 Å². The quantitative estimate of drug-likeness (QED) is 0.800. The normalized spacial score (nSPS) is 14.6. The van der Waals surface area contributed by atoms with E-state index in [1.54, 1.807) is 22.8 Å². The van der Waals surface area contributed by atoms with Crippen LogP contribution in [0.4, 0.5) is 0 Å². The molecule has 6 nitrogen and oxygen atoms in total. The van der Waals surface area contributed by atoms with Crippen LogP contribution in [0.15, 0.2) is 22.8 Å². The van der Waals surface area contributed by atoms with Crippen molar-refractivity contribution in [1.29, 1.82) is 0 Å². The number of aryl methyl sites for hydroxylation is 2. The number of thioether (sulfide) groups is 1. The third kappa shape index (κ3) is 1.76. The first-order valence-electron chi connectivity index (χ1n) is 5.43. The largest absolute Gasteiger partial charge is 0.272 e. The van der Waals surface area contributed by atoms with Gasteiger partial charge in [-0.1, -0.05) is 11.8 Å². The number of fused-ring (bicyclic) bond motifs is 1. The van der Waals surface area contributed by atoms with Crippen LogP contribution in [0.1, 0.15) is 18.2 Å². The molecule has 0 N–H and O–H groups in total. The molecule has 1 aliphatic heterocycles. The van der Waals surface area contributed by atoms with Gasteiger partial charge in [0.15, 0.2) is 0 Å². The Morgan fingerprint density at radius 1 is 1.47 bits per heavy atom. The monoisotopic (exact) mass is 248 g/mol. The Hall–Kier alpha value is -1.63. The molecule has 3 heterocycles. The lowest BCUT2D eigenvalue weighted by molar-refractivity contribution is 0.653. The van der Waals surface area contributed by atoms with Gasteiger partial charge in [-0.3, -0.25) is 4.68 Å². The summed E-state index contributed by atoms with van der Waals surface area (Å²) in [6, 6.07) is 0. The van der Waals surface area contributed by atoms with Gasteiger partial charge in [0.05, 0.1) is 11.4 Å². The molecule has 0 fully saturated rings. The second-order valence-corrected chi connectivity index (χ2v) is 4.72. The third-order valence-electron chi connectivity index (χ3n) is 2.65. The van der Waals surface area contributed by atoms with Gasteiger partial charge in [-0.2, -0.15) is 14.9 Å². The Morgan fingerprint density at radius 2 is 2.35 bits per heavy atom. The van der Waals surface area contributed by atoms with Crippen LogP contribution < -0.4 is 0 Å². The molecule has 0 amide bonds. The average Bonchev–Trinajstić information content (AvgIpc) is 2.93. The van der Waals surface area contributed by atoms with Gasteiger partial charge < -0.3 is 0 Å². The second kappa shape index (κ2) is 3.99. The lowest BCUT2D eigenvalue weighted by Crippen LogP contribution is -2.13. The van der Waals surface area contributed by atoms with Crippen LogP contribution in [0, 0.1) is 6.92 Å². The SMILES string of the molecule is CCn1cc(C2=Nn3cnnc3SC2)c(C)n1. The third-order valence-corrected chi connectivity index (χ3v) is 3.59. The molecule has 0 spiro atoms. The molecule has 0 radical (unpaired) electrons. The molecule has 0 unspecified atom stereocenters. The van der Waals surface area contributed by atoms with Gasteiger partial charge in [-0.05, 0) is 13.8 Å². The Kier molecular flexibility index (Phi) is 2.47. The van der Waals surface area contributed by atoms with Crippen molar-refractivity contribution in [2.24, 2.45) is 5.10 Å². The van der Waals surface area contributed by atoms with Crippen LogP contribution in [0.25, 0.3) is 0 Å². The lowest BCUT2D eigenvalue weighted by atomic mass is 10.2. The molecule has 0 aliphatic carbocycles. The van der Waals surface area contributed by atoms with E-state index in [4.69, 9.17) is 0 Å². The minimum atomic E-state index is 0.814. The molecule has 2 aromatic heterocycles. The van der Waals surface area contributed by atoms with E-state index in [0.717, 1.165) is 34.4 Å². The van der Waals surface area contributed by atoms with E-state index < -0.39 is 0 Å². The number of rotatable bonds is 2. The van der Waals surface area contributed by atoms with Crippen LogP contribution in [-0.4, -0.2) is 36.1 Å². The smallest absolute Gasteiger partial charge is 0.212 e. The molecule has 3 rings (SSSR count). The summed E-state index contributed by atoms with van der Waals surface area (Å²) in [7, 11) is 0. The summed E-state index contributed by atoms with van der Waals surface area (Å²) >= 11 is 1.65. The lowest BCUT2D eigenvalue weighted by Gasteiger charge is -2.10. The summed E-state index contributed by atoms with van der Waals surface area (Å²) in [6.07, 6.45) is 3.67. The van der Waals surface area contributed by atoms with E-state index in [2.05, 4.69) is 27.3 Å². The van der Waals surface area contributed by atoms with Crippen molar-refractivity contribution in [2.75, 3.05) is 5.75 Å². The van der Waals surface area contributed by atoms with Crippen LogP contribution in [0.2, 0.25) is 0 Å². The Morgan fingerprint density at radius 3 is 3.12 bits per heavy atom. The Bertz CT molecular complexity index is 581. The highest BCUT2D eigenvalue weighted by atomic mass is 32.2. The van der Waals surface area contributed by atoms with Crippen molar-refractivity contribution < 1.29 is 0 Å². The Balaban J connectivity index is 2.03. The van der Waals surface area contributed by atoms with Gasteiger partial charge in [0.2, 0.25) is 5.16 Å². The van der Waals surface area contributed by atoms with Gasteiger partial charge in [-0.15, -0.1) is 10.2 Å². The molecule has 88 valence electrons. The highest BCUT2D eigenvalue weighted by Gasteiger charge is 2.18. The van der Waals surface area contributed by atoms with Crippen molar-refractivity contribution in [3.63, 3.8) is 0 Å². The Labute approximate surface area is 103 Å². The summed E-state index contributed by atoms with van der Waals surface area (Å²) in [4.78, 5) is 0. The zero-order valence-electron chi connectivity index (χ0n) is 9.66. The average molecular weight is 248 g/mol. The molecule has 2 aromatic rings. The van der Waals surface area contributed by atoms with Crippen molar-refractivity contribution in [3.05, 3.63) is 23.8 Å². The summed E-state index contributed by atoms with van der Waals surface area (Å²) < 4.78 is 3.64. The number of hydrogen-bond donors (Lipinski definition) is 0. The highest BCUT2D eigenvalue weighted by Crippen LogP contribution is 2.22. The van der Waals surface area contributed by atoms with E-state index >= 15 is 0 Å². The van der Waals surface area contributed by atoms with Crippen molar-refractivity contribution >= 4 is 17.5 Å². The summed E-state index contributed by atoms with van der Waals surface area (Å²) in [5.74, 6) is 0.814. The first-order chi connectivity index (χ1) is 8.28. The maximum atomic E-state index is 4.52. The maximum Gasteiger partial charge on any atom is 0.212 e. The standard InChI is InChI=1S/C10H12N6S/c1-3-15-4-8(7(2)13-15)9-5-17-10-12-11-6-16(10)14-9/h4,6H,3,5H2,1-2H3. The molecule has 0 atom stereocenters. The molecule has 1 aliphatic rings. The van der Waals surface area contributed by atoms with Gasteiger partial charge in [0.1, 0.15) is 6.33 Å². The first-order valence-corrected chi connectivity index (χ1v) is 6.41. The van der Waals surface area contributed by atoms with Crippen molar-refractivity contribution in [1.82, 2.24) is 24.7 Å². The maximum absolute atomic E-state index is 4.52. The zero-order valence-corrected chi connectivity index (χ0v) is 10.5. The fourth-order valence-electron chi connectivity index (χ4n) is 1.77. The van der Waals surface area contributed by atoms with Crippen LogP contribution in [0.5, 0.6) is 0 Å². The molecular formula is C10H12N6S. The summed E-state index contributed by atoms with van der Waals surface area (Å²) in [5.41, 5.74) is 3.15. The van der Waals surface area contributed by atoms with Crippen LogP contribution in [0.3, 0.4) is 0 Å². The van der Waals surface area contributed by atoms with Gasteiger partial charge in [0, 0.05) is 24.1 Å². The highest BCUT2D eigenvalue weighted by molar-refractivity contribution is 7.99. The predicted octanol–water partition coefficient (Wildman–Crippen LogP) is 1.16. The molecule has 0 aromatic carbocycles. The minimum absolute atomic E-state index is 0.814. The second-order valence-electron chi connectivity index (χ2n) is 3.78. The van der Waals surface area contributed by atoms with Crippen molar-refractivity contribution in [2.45, 2.75) is 25.5 Å². The van der Waals surface area contributed by atoms with E-state index in [9.17, 15) is 0 Å². The van der Waals surface area contributed by atoms with E-state index in [1.807, 2.05) is 17.8 Å². The first kappa shape index (κ1) is 10.5. The molecule has 7 heteroatoms. The number of hydrogen-bond acceptors (Lipinski definition) is 5. The summed E-state index contributed by atoms with van der Waals surface area (Å²) in [6.45, 7) is 4.96. The molecule has 17 heavy (non-hydrogen) atoms. The zero-order chi connectivity index (χ0) is 11.8. The minimum Gasteiger partial charge on any atom is -0.272 e. The molecule has 0 bridgehead atoms. The van der Waals surface area contributed by atoms with Crippen LogP contribution in [-0.2, 0) is 6.54 Å². The fraction of sp³-hybridized carbons (Fsp3) is 0.400. The number of aromatic nitrogens is 5. The summed E-state index contributed by atoms with van der Waals surface area (Å²) in [5, 5.41) is 17.6. The number of nitrogens with zero attached hydrogens (tertiary/aromatic N) is 6. The topological polar surface area (TPSA) is 60.9 Å². The van der Waals surface area contributed by atoms with Gasteiger partial charge in [0.25, 0.3) is 0 Å². The fourth-order valence-corrected chi connectivity index (χ4v) is 2.57. The van der Waals surface area contributed by atoms with E-state index in [1.165, 1.54) is 0 Å². The van der Waals surface area contributed by atoms with Crippen molar-refractivity contribution in [3.8, 4) is 0 Å². The van der Waals surface area contributed by atoms with E-state index in [-0.39, 0.29) is 0 Å². The van der Waals surface area contributed by atoms with Gasteiger partial charge in [-0.25, -0.2) is 0 Å².